The molecule has 1 saturated heterocycles. The molecule has 13 atom stereocenters. The van der Waals surface area contributed by atoms with E-state index in [-0.39, 0.29) is 16.8 Å². The van der Waals surface area contributed by atoms with Gasteiger partial charge in [-0.1, -0.05) is 32.0 Å². The van der Waals surface area contributed by atoms with E-state index >= 15 is 0 Å². The lowest BCUT2D eigenvalue weighted by Crippen LogP contribution is -2.89. The highest BCUT2D eigenvalue weighted by Gasteiger charge is 2.92. The molecule has 334 valence electrons. The van der Waals surface area contributed by atoms with Gasteiger partial charge in [-0.25, -0.2) is 9.59 Å². The normalized spacial score (nSPS) is 36.0. The van der Waals surface area contributed by atoms with Gasteiger partial charge < -0.3 is 47.7 Å². The highest BCUT2D eigenvalue weighted by Crippen LogP contribution is 2.70. The molecule has 2 aliphatic carbocycles. The molecule has 0 unspecified atom stereocenters. The average Bonchev–Trinajstić information content (AvgIpc) is 3.42. The first-order chi connectivity index (χ1) is 29.0. The Hall–Kier alpha value is -5.95. The molecule has 62 heavy (non-hydrogen) atoms. The molecule has 4 aliphatic rings. The fraction of sp³-hybridized carbons (Fsp3) is 0.558. The molecule has 19 heteroatoms. The minimum Gasteiger partial charge on any atom is -0.465 e. The van der Waals surface area contributed by atoms with Crippen molar-refractivity contribution in [1.29, 1.82) is 0 Å². The van der Waals surface area contributed by atoms with Crippen molar-refractivity contribution >= 4 is 47.8 Å². The summed E-state index contributed by atoms with van der Waals surface area (Å²) in [4.78, 5) is 114. The number of benzene rings is 1. The van der Waals surface area contributed by atoms with Crippen molar-refractivity contribution in [2.24, 2.45) is 17.3 Å². The van der Waals surface area contributed by atoms with E-state index in [1.54, 1.807) is 13.0 Å². The number of pyridine rings is 1. The number of ether oxygens (including phenoxy) is 9. The van der Waals surface area contributed by atoms with Crippen LogP contribution in [0.15, 0.2) is 48.7 Å². The molecular formula is C43H49NO18. The summed E-state index contributed by atoms with van der Waals surface area (Å²) < 4.78 is 55.4. The molecule has 1 aromatic carbocycles. The van der Waals surface area contributed by atoms with E-state index in [1.807, 2.05) is 0 Å². The van der Waals surface area contributed by atoms with Gasteiger partial charge in [-0.3, -0.25) is 33.8 Å². The molecule has 2 aliphatic heterocycles. The molecule has 2 aromatic rings. The predicted molar refractivity (Wildman–Crippen MR) is 205 cm³/mol. The van der Waals surface area contributed by atoms with E-state index in [0.29, 0.717) is 0 Å². The van der Waals surface area contributed by atoms with Crippen LogP contribution in [0.3, 0.4) is 0 Å². The number of cyclic esters (lactones) is 1. The highest BCUT2D eigenvalue weighted by molar-refractivity contribution is 5.91. The van der Waals surface area contributed by atoms with E-state index in [0.717, 1.165) is 41.5 Å². The number of aliphatic hydroxyl groups is 1. The number of carbonyl (C=O) groups excluding carboxylic acids is 8. The van der Waals surface area contributed by atoms with Gasteiger partial charge >= 0.3 is 47.8 Å². The summed E-state index contributed by atoms with van der Waals surface area (Å²) in [6, 6.07) is 10.3. The maximum Gasteiger partial charge on any atom is 0.340 e. The van der Waals surface area contributed by atoms with E-state index in [1.165, 1.54) is 56.4 Å². The van der Waals surface area contributed by atoms with E-state index in [9.17, 15) is 43.5 Å². The lowest BCUT2D eigenvalue weighted by molar-refractivity contribution is -0.386. The second-order valence-corrected chi connectivity index (χ2v) is 16.5. The van der Waals surface area contributed by atoms with Crippen molar-refractivity contribution in [3.63, 3.8) is 0 Å². The predicted octanol–water partition coefficient (Wildman–Crippen LogP) is 2.33. The van der Waals surface area contributed by atoms with Gasteiger partial charge in [-0.2, -0.15) is 0 Å². The number of aromatic nitrogens is 1. The molecule has 0 radical (unpaired) electrons. The molecule has 1 N–H and O–H groups in total. The van der Waals surface area contributed by atoms with Crippen molar-refractivity contribution < 1.29 is 86.1 Å². The molecule has 6 rings (SSSR count). The number of rotatable bonds is 8. The topological polar surface area (TPSA) is 253 Å². The Morgan fingerprint density at radius 2 is 1.32 bits per heavy atom. The Morgan fingerprint density at radius 3 is 1.90 bits per heavy atom. The Bertz CT molecular complexity index is 2160. The average molecular weight is 868 g/mol. The first-order valence-corrected chi connectivity index (χ1v) is 19.9. The van der Waals surface area contributed by atoms with Crippen LogP contribution >= 0.6 is 0 Å². The minimum atomic E-state index is -2.87. The lowest BCUT2D eigenvalue weighted by Gasteiger charge is -2.67. The molecule has 1 spiro atoms. The van der Waals surface area contributed by atoms with Crippen molar-refractivity contribution in [3.8, 4) is 0 Å². The van der Waals surface area contributed by atoms with Crippen LogP contribution in [0.5, 0.6) is 0 Å². The second kappa shape index (κ2) is 16.7. The summed E-state index contributed by atoms with van der Waals surface area (Å²) in [7, 11) is 0. The largest absolute Gasteiger partial charge is 0.465 e. The van der Waals surface area contributed by atoms with Crippen molar-refractivity contribution in [2.75, 3.05) is 13.2 Å². The van der Waals surface area contributed by atoms with Gasteiger partial charge in [0.25, 0.3) is 0 Å². The minimum absolute atomic E-state index is 0.0497. The van der Waals surface area contributed by atoms with Crippen LogP contribution in [0, 0.1) is 17.3 Å². The third kappa shape index (κ3) is 7.43. The van der Waals surface area contributed by atoms with E-state index < -0.39 is 138 Å². The monoisotopic (exact) mass is 867 g/mol. The number of fused-ring (bicyclic) bond motifs is 5. The summed E-state index contributed by atoms with van der Waals surface area (Å²) >= 11 is 0. The van der Waals surface area contributed by atoms with Gasteiger partial charge in [0.15, 0.2) is 30.0 Å². The van der Waals surface area contributed by atoms with Gasteiger partial charge in [-0.05, 0) is 38.1 Å². The molecule has 4 bridgehead atoms. The molecule has 2 saturated carbocycles. The van der Waals surface area contributed by atoms with Crippen molar-refractivity contribution in [1.82, 2.24) is 4.98 Å². The fourth-order valence-corrected chi connectivity index (χ4v) is 9.82. The molecule has 3 heterocycles. The van der Waals surface area contributed by atoms with Crippen molar-refractivity contribution in [3.05, 3.63) is 65.5 Å². The number of nitrogens with zero attached hydrogens (tertiary/aromatic N) is 1. The summed E-state index contributed by atoms with van der Waals surface area (Å²) in [5.74, 6) is -11.8. The number of hydrogen-bond acceptors (Lipinski definition) is 19. The Morgan fingerprint density at radius 1 is 0.742 bits per heavy atom. The second-order valence-electron chi connectivity index (χ2n) is 16.5. The van der Waals surface area contributed by atoms with Gasteiger partial charge in [0, 0.05) is 46.7 Å². The van der Waals surface area contributed by atoms with E-state index in [2.05, 4.69) is 4.98 Å². The molecule has 3 fully saturated rings. The van der Waals surface area contributed by atoms with Crippen LogP contribution in [-0.4, -0.2) is 124 Å². The van der Waals surface area contributed by atoms with Gasteiger partial charge in [0.05, 0.1) is 28.7 Å². The van der Waals surface area contributed by atoms with Crippen LogP contribution in [-0.2, 0) is 71.4 Å². The van der Waals surface area contributed by atoms with Crippen LogP contribution in [0.4, 0.5) is 0 Å². The Labute approximate surface area is 355 Å². The first kappa shape index (κ1) is 45.6. The quantitative estimate of drug-likeness (QED) is 0.295. The zero-order valence-corrected chi connectivity index (χ0v) is 35.6. The zero-order valence-electron chi connectivity index (χ0n) is 35.6. The van der Waals surface area contributed by atoms with Crippen LogP contribution < -0.4 is 0 Å². The van der Waals surface area contributed by atoms with E-state index in [4.69, 9.17) is 42.6 Å². The van der Waals surface area contributed by atoms with Crippen LogP contribution in [0.1, 0.15) is 94.6 Å². The summed E-state index contributed by atoms with van der Waals surface area (Å²) in [6.07, 6.45) is -10.8. The standard InChI is InChI=1S/C43H49NO18/c1-20-21(2)37(50)61-34-32(60-38(51)27-14-11-10-12-15-27)36(59-26(7)49)42(19-54-22(3)45)35(58-25(6)48)31(56-23(4)46)29-33(57-24(5)47)43(42,41(34,9)53)62-40(29,8)18-55-39(52)28-16-13-17-44-30(20)28/h10-17,20-21,29,31-36,53H,18-19H2,1-9H3/t20-,21-,29+,31+,32-,33+,34-,35+,36-,40-,41-,42+,43-/m0/s1. The maximum absolute atomic E-state index is 14.6. The van der Waals surface area contributed by atoms with Gasteiger partial charge in [-0.15, -0.1) is 0 Å². The molecule has 19 nitrogen and oxygen atoms in total. The molecular weight excluding hydrogens is 818 g/mol. The molecule has 0 amide bonds. The number of hydrogen-bond donors (Lipinski definition) is 1. The summed E-state index contributed by atoms with van der Waals surface area (Å²) in [5, 5.41) is 13.7. The Kier molecular flexibility index (Phi) is 12.3. The summed E-state index contributed by atoms with van der Waals surface area (Å²) in [5.41, 5.74) is -10.3. The number of carbonyl (C=O) groups is 8. The summed E-state index contributed by atoms with van der Waals surface area (Å²) in [6.45, 7) is 8.69. The van der Waals surface area contributed by atoms with Gasteiger partial charge in [0.2, 0.25) is 0 Å². The smallest absolute Gasteiger partial charge is 0.340 e. The first-order valence-electron chi connectivity index (χ1n) is 19.9. The Balaban J connectivity index is 1.80. The maximum atomic E-state index is 14.6. The molecule has 1 aromatic heterocycles. The fourth-order valence-electron chi connectivity index (χ4n) is 9.82. The SMILES string of the molecule is CC(=O)OC[C@]12[C@H](OC(C)=O)[C@H](OC(C)=O)[C@@H]3[C@@H](OC(C)=O)[C@@]14O[C@@]3(C)COC(=O)c1cccnc1[C@@H](C)[C@H](C)C(=O)O[C@@H]([C@H](OC(=O)c1ccccc1)[C@@H]2OC(C)=O)[C@]4(C)O. The zero-order chi connectivity index (χ0) is 45.7. The highest BCUT2D eigenvalue weighted by atomic mass is 16.7. The van der Waals surface area contributed by atoms with Crippen molar-refractivity contribution in [2.45, 2.75) is 122 Å². The third-order valence-corrected chi connectivity index (χ3v) is 12.4. The number of esters is 8. The third-order valence-electron chi connectivity index (χ3n) is 12.4. The van der Waals surface area contributed by atoms with Crippen LogP contribution in [0.2, 0.25) is 0 Å². The lowest BCUT2D eigenvalue weighted by atomic mass is 9.45. The van der Waals surface area contributed by atoms with Gasteiger partial charge in [0.1, 0.15) is 42.0 Å². The van der Waals surface area contributed by atoms with Crippen LogP contribution in [0.25, 0.3) is 0 Å².